The van der Waals surface area contributed by atoms with Gasteiger partial charge in [-0.2, -0.15) is 0 Å². The van der Waals surface area contributed by atoms with Crippen molar-refractivity contribution in [3.05, 3.63) is 48.0 Å². The molecule has 0 aliphatic heterocycles. The first-order valence-corrected chi connectivity index (χ1v) is 12.4. The van der Waals surface area contributed by atoms with E-state index in [0.29, 0.717) is 31.8 Å². The van der Waals surface area contributed by atoms with E-state index in [2.05, 4.69) is 31.2 Å². The van der Waals surface area contributed by atoms with Gasteiger partial charge in [0.05, 0.1) is 23.7 Å². The second kappa shape index (κ2) is 13.7. The molecule has 1 aromatic carbocycles. The van der Waals surface area contributed by atoms with Crippen molar-refractivity contribution in [2.45, 2.75) is 52.4 Å². The molecule has 8 heteroatoms. The van der Waals surface area contributed by atoms with Crippen LogP contribution in [0.15, 0.2) is 42.5 Å². The minimum absolute atomic E-state index is 0.366. The standard InChI is InChI=1S/C27H37NO7/c1-3-16-28(24(29)20-21(25(30)31)23(27(34)35)22(20)26(32)33)17-9-5-6-11-18(2)12-10-15-19-13-7-4-8-14-19/h4,6-8,11,13-14,18,20-23H,3,5,9-10,12,15-17H2,1-2H3,(H,30,31)(H,32,33)(H,34,35)/b11-6+/t18-,20?,21?,22?,23?/m0/s1. The van der Waals surface area contributed by atoms with Crippen LogP contribution in [0.3, 0.4) is 0 Å². The molecule has 0 heterocycles. The van der Waals surface area contributed by atoms with Crippen LogP contribution in [0.2, 0.25) is 0 Å². The Kier molecular flexibility index (Phi) is 11.0. The zero-order valence-electron chi connectivity index (χ0n) is 20.5. The normalized spacial score (nSPS) is 22.3. The second-order valence-corrected chi connectivity index (χ2v) is 9.37. The quantitative estimate of drug-likeness (QED) is 0.252. The molecular formula is C27H37NO7. The number of carbonyl (C=O) groups excluding carboxylic acids is 1. The van der Waals surface area contributed by atoms with Gasteiger partial charge in [-0.15, -0.1) is 0 Å². The molecule has 1 fully saturated rings. The van der Waals surface area contributed by atoms with Gasteiger partial charge in [0.1, 0.15) is 0 Å². The third kappa shape index (κ3) is 7.67. The molecule has 0 spiro atoms. The summed E-state index contributed by atoms with van der Waals surface area (Å²) in [6.07, 6.45) is 9.50. The predicted molar refractivity (Wildman–Crippen MR) is 131 cm³/mol. The molecule has 1 aliphatic rings. The molecule has 8 nitrogen and oxygen atoms in total. The second-order valence-electron chi connectivity index (χ2n) is 9.37. The number of nitrogens with zero attached hydrogens (tertiary/aromatic N) is 1. The van der Waals surface area contributed by atoms with Crippen LogP contribution in [0.5, 0.6) is 0 Å². The fraction of sp³-hybridized carbons (Fsp3) is 0.556. The lowest BCUT2D eigenvalue weighted by molar-refractivity contribution is -0.189. The lowest BCUT2D eigenvalue weighted by Crippen LogP contribution is -2.62. The number of carboxylic acid groups (broad SMARTS) is 3. The van der Waals surface area contributed by atoms with Crippen LogP contribution in [0, 0.1) is 29.6 Å². The number of carbonyl (C=O) groups is 4. The fourth-order valence-corrected chi connectivity index (χ4v) is 4.89. The first-order valence-electron chi connectivity index (χ1n) is 12.4. The van der Waals surface area contributed by atoms with Crippen molar-refractivity contribution in [2.75, 3.05) is 13.1 Å². The van der Waals surface area contributed by atoms with E-state index in [1.165, 1.54) is 10.5 Å². The van der Waals surface area contributed by atoms with E-state index in [4.69, 9.17) is 0 Å². The molecule has 1 aliphatic carbocycles. The first kappa shape index (κ1) is 28.1. The highest BCUT2D eigenvalue weighted by atomic mass is 16.4. The Hall–Kier alpha value is -3.16. The average Bonchev–Trinajstić information content (AvgIpc) is 2.77. The van der Waals surface area contributed by atoms with Crippen molar-refractivity contribution in [3.63, 3.8) is 0 Å². The molecule has 3 atom stereocenters. The number of benzene rings is 1. The number of amides is 1. The monoisotopic (exact) mass is 487 g/mol. The van der Waals surface area contributed by atoms with Gasteiger partial charge in [0.25, 0.3) is 0 Å². The number of allylic oxidation sites excluding steroid dienone is 2. The Balaban J connectivity index is 1.87. The van der Waals surface area contributed by atoms with Crippen molar-refractivity contribution in [2.24, 2.45) is 29.6 Å². The maximum atomic E-state index is 13.1. The Bertz CT molecular complexity index is 876. The molecule has 35 heavy (non-hydrogen) atoms. The van der Waals surface area contributed by atoms with Crippen LogP contribution in [0.1, 0.15) is 51.5 Å². The van der Waals surface area contributed by atoms with Gasteiger partial charge in [-0.1, -0.05) is 56.3 Å². The Morgan fingerprint density at radius 3 is 2.00 bits per heavy atom. The summed E-state index contributed by atoms with van der Waals surface area (Å²) >= 11 is 0. The van der Waals surface area contributed by atoms with Crippen LogP contribution < -0.4 is 0 Å². The molecule has 1 saturated carbocycles. The lowest BCUT2D eigenvalue weighted by Gasteiger charge is -2.45. The number of unbranched alkanes of at least 4 members (excludes halogenated alkanes) is 1. The highest BCUT2D eigenvalue weighted by Gasteiger charge is 2.64. The Morgan fingerprint density at radius 1 is 0.886 bits per heavy atom. The van der Waals surface area contributed by atoms with Gasteiger partial charge in [0, 0.05) is 13.1 Å². The summed E-state index contributed by atoms with van der Waals surface area (Å²) in [6.45, 7) is 4.78. The summed E-state index contributed by atoms with van der Waals surface area (Å²) in [4.78, 5) is 49.3. The molecule has 1 aromatic rings. The van der Waals surface area contributed by atoms with Gasteiger partial charge < -0.3 is 20.2 Å². The maximum absolute atomic E-state index is 13.1. The fourth-order valence-electron chi connectivity index (χ4n) is 4.89. The number of hydrogen-bond donors (Lipinski definition) is 3. The zero-order valence-corrected chi connectivity index (χ0v) is 20.5. The SMILES string of the molecule is CCCN(CCC/C=C/[C@H](C)CCCc1ccccc1)C(=O)C1C(C(=O)O)C(C(=O)O)C1C(=O)O. The summed E-state index contributed by atoms with van der Waals surface area (Å²) in [5.74, 6) is -10.6. The highest BCUT2D eigenvalue weighted by molar-refractivity contribution is 5.98. The van der Waals surface area contributed by atoms with E-state index in [0.717, 1.165) is 25.7 Å². The van der Waals surface area contributed by atoms with Gasteiger partial charge in [0.15, 0.2) is 0 Å². The van der Waals surface area contributed by atoms with Crippen LogP contribution in [-0.2, 0) is 25.6 Å². The van der Waals surface area contributed by atoms with E-state index in [9.17, 15) is 34.5 Å². The van der Waals surface area contributed by atoms with Crippen LogP contribution in [-0.4, -0.2) is 57.1 Å². The molecule has 2 unspecified atom stereocenters. The van der Waals surface area contributed by atoms with E-state index < -0.39 is 47.5 Å². The van der Waals surface area contributed by atoms with Crippen molar-refractivity contribution in [1.29, 1.82) is 0 Å². The third-order valence-electron chi connectivity index (χ3n) is 6.72. The van der Waals surface area contributed by atoms with Gasteiger partial charge in [-0.05, 0) is 50.0 Å². The van der Waals surface area contributed by atoms with E-state index >= 15 is 0 Å². The first-order chi connectivity index (χ1) is 16.7. The van der Waals surface area contributed by atoms with Gasteiger partial charge >= 0.3 is 17.9 Å². The molecule has 0 bridgehead atoms. The highest BCUT2D eigenvalue weighted by Crippen LogP contribution is 2.48. The average molecular weight is 488 g/mol. The van der Waals surface area contributed by atoms with Crippen molar-refractivity contribution < 1.29 is 34.5 Å². The number of rotatable bonds is 15. The molecule has 0 radical (unpaired) electrons. The van der Waals surface area contributed by atoms with Crippen LogP contribution in [0.25, 0.3) is 0 Å². The molecule has 2 rings (SSSR count). The summed E-state index contributed by atoms with van der Waals surface area (Å²) < 4.78 is 0. The topological polar surface area (TPSA) is 132 Å². The van der Waals surface area contributed by atoms with Crippen molar-refractivity contribution in [1.82, 2.24) is 4.90 Å². The number of hydrogen-bond acceptors (Lipinski definition) is 4. The Morgan fingerprint density at radius 2 is 1.46 bits per heavy atom. The third-order valence-corrected chi connectivity index (χ3v) is 6.72. The summed E-state index contributed by atoms with van der Waals surface area (Å²) in [7, 11) is 0. The number of aryl methyl sites for hydroxylation is 1. The van der Waals surface area contributed by atoms with E-state index in [1.54, 1.807) is 0 Å². The Labute approximate surface area is 206 Å². The molecule has 192 valence electrons. The lowest BCUT2D eigenvalue weighted by atomic mass is 9.56. The minimum Gasteiger partial charge on any atom is -0.481 e. The van der Waals surface area contributed by atoms with Crippen molar-refractivity contribution in [3.8, 4) is 0 Å². The predicted octanol–water partition coefficient (Wildman–Crippen LogP) is 3.95. The number of aliphatic carboxylic acids is 3. The molecule has 0 aromatic heterocycles. The van der Waals surface area contributed by atoms with Gasteiger partial charge in [-0.25, -0.2) is 0 Å². The molecule has 1 amide bonds. The van der Waals surface area contributed by atoms with Crippen molar-refractivity contribution >= 4 is 23.8 Å². The largest absolute Gasteiger partial charge is 0.481 e. The molecule has 0 saturated heterocycles. The van der Waals surface area contributed by atoms with E-state index in [1.807, 2.05) is 25.1 Å². The van der Waals surface area contributed by atoms with E-state index in [-0.39, 0.29) is 0 Å². The smallest absolute Gasteiger partial charge is 0.308 e. The molecular weight excluding hydrogens is 450 g/mol. The number of carboxylic acids is 3. The van der Waals surface area contributed by atoms with Gasteiger partial charge in [-0.3, -0.25) is 19.2 Å². The van der Waals surface area contributed by atoms with Crippen LogP contribution in [0.4, 0.5) is 0 Å². The summed E-state index contributed by atoms with van der Waals surface area (Å²) in [6, 6.07) is 10.4. The molecule has 3 N–H and O–H groups in total. The van der Waals surface area contributed by atoms with Crippen LogP contribution >= 0.6 is 0 Å². The maximum Gasteiger partial charge on any atom is 0.308 e. The zero-order chi connectivity index (χ0) is 26.0. The minimum atomic E-state index is -1.60. The summed E-state index contributed by atoms with van der Waals surface area (Å²) in [5.41, 5.74) is 1.33. The van der Waals surface area contributed by atoms with Gasteiger partial charge in [0.2, 0.25) is 5.91 Å². The summed E-state index contributed by atoms with van der Waals surface area (Å²) in [5, 5.41) is 28.3.